The third kappa shape index (κ3) is 8.04. The Labute approximate surface area is 196 Å². The van der Waals surface area contributed by atoms with Crippen molar-refractivity contribution in [3.8, 4) is 28.7 Å². The van der Waals surface area contributed by atoms with Gasteiger partial charge in [0.25, 0.3) is 0 Å². The smallest absolute Gasteiger partial charge is 0.120 e. The number of rotatable bonds is 9. The van der Waals surface area contributed by atoms with Crippen molar-refractivity contribution in [1.82, 2.24) is 0 Å². The van der Waals surface area contributed by atoms with Crippen molar-refractivity contribution in [1.29, 1.82) is 0 Å². The van der Waals surface area contributed by atoms with E-state index in [-0.39, 0.29) is 17.9 Å². The lowest BCUT2D eigenvalue weighted by molar-refractivity contribution is 0.226. The Bertz CT molecular complexity index is 1060. The lowest BCUT2D eigenvalue weighted by Gasteiger charge is -2.13. The molecule has 32 heavy (non-hydrogen) atoms. The zero-order chi connectivity index (χ0) is 22.8. The molecule has 1 heterocycles. The monoisotopic (exact) mass is 444 g/mol. The third-order valence-corrected chi connectivity index (χ3v) is 5.67. The van der Waals surface area contributed by atoms with Gasteiger partial charge in [0.1, 0.15) is 12.4 Å². The average molecular weight is 445 g/mol. The highest BCUT2D eigenvalue weighted by molar-refractivity contribution is 7.08. The molecule has 0 aliphatic rings. The standard InChI is InChI=1S/C29H32O2S/c1-29(2,3)15-6-4-5-9-24(20-30)17-23-10-8-13-28(19-23)31-21-25-11-7-12-26(18-25)27-14-16-32-22-27/h4-5,7-8,10-14,16,18-19,22,24,30H,9,17,20-21H2,1-3H3. The highest BCUT2D eigenvalue weighted by Crippen LogP contribution is 2.24. The number of ether oxygens (including phenoxy) is 1. The summed E-state index contributed by atoms with van der Waals surface area (Å²) in [4.78, 5) is 0. The summed E-state index contributed by atoms with van der Waals surface area (Å²) in [6.07, 6.45) is 5.56. The zero-order valence-corrected chi connectivity index (χ0v) is 20.0. The van der Waals surface area contributed by atoms with Gasteiger partial charge in [0.2, 0.25) is 0 Å². The molecule has 3 heteroatoms. The second-order valence-electron chi connectivity index (χ2n) is 9.06. The van der Waals surface area contributed by atoms with Gasteiger partial charge in [-0.25, -0.2) is 0 Å². The number of benzene rings is 2. The number of aliphatic hydroxyl groups excluding tert-OH is 1. The molecule has 2 aromatic carbocycles. The molecule has 0 amide bonds. The number of hydrogen-bond acceptors (Lipinski definition) is 3. The van der Waals surface area contributed by atoms with Crippen molar-refractivity contribution in [2.24, 2.45) is 11.3 Å². The van der Waals surface area contributed by atoms with Crippen molar-refractivity contribution in [2.45, 2.75) is 40.2 Å². The van der Waals surface area contributed by atoms with Gasteiger partial charge in [0.05, 0.1) is 0 Å². The van der Waals surface area contributed by atoms with Gasteiger partial charge in [-0.3, -0.25) is 0 Å². The molecule has 166 valence electrons. The predicted molar refractivity (Wildman–Crippen MR) is 136 cm³/mol. The lowest BCUT2D eigenvalue weighted by atomic mass is 9.96. The van der Waals surface area contributed by atoms with Crippen molar-refractivity contribution >= 4 is 11.3 Å². The SMILES string of the molecule is CC(C)(C)C#CC=CCC(CO)Cc1cccc(OCc2cccc(-c3ccsc3)c2)c1. The Kier molecular flexibility index (Phi) is 8.73. The summed E-state index contributed by atoms with van der Waals surface area (Å²) >= 11 is 1.71. The van der Waals surface area contributed by atoms with Crippen molar-refractivity contribution in [2.75, 3.05) is 6.61 Å². The molecule has 0 aliphatic heterocycles. The van der Waals surface area contributed by atoms with E-state index in [4.69, 9.17) is 4.74 Å². The number of hydrogen-bond donors (Lipinski definition) is 1. The predicted octanol–water partition coefficient (Wildman–Crippen LogP) is 7.14. The first-order chi connectivity index (χ1) is 15.4. The van der Waals surface area contributed by atoms with Crippen LogP contribution in [0.2, 0.25) is 0 Å². The molecular weight excluding hydrogens is 412 g/mol. The van der Waals surface area contributed by atoms with Crippen LogP contribution in [0.4, 0.5) is 0 Å². The molecule has 0 spiro atoms. The van der Waals surface area contributed by atoms with Gasteiger partial charge >= 0.3 is 0 Å². The van der Waals surface area contributed by atoms with E-state index in [1.807, 2.05) is 18.2 Å². The summed E-state index contributed by atoms with van der Waals surface area (Å²) in [6.45, 7) is 6.97. The maximum atomic E-state index is 9.80. The van der Waals surface area contributed by atoms with Crippen LogP contribution in [0.3, 0.4) is 0 Å². The van der Waals surface area contributed by atoms with Crippen LogP contribution in [0.25, 0.3) is 11.1 Å². The molecular formula is C29H32O2S. The Hall–Kier alpha value is -2.80. The van der Waals surface area contributed by atoms with Gasteiger partial charge in [-0.15, -0.1) is 0 Å². The molecule has 3 aromatic rings. The van der Waals surface area contributed by atoms with Gasteiger partial charge in [0, 0.05) is 12.0 Å². The highest BCUT2D eigenvalue weighted by atomic mass is 32.1. The molecule has 3 rings (SSSR count). The van der Waals surface area contributed by atoms with E-state index in [2.05, 4.69) is 91.9 Å². The summed E-state index contributed by atoms with van der Waals surface area (Å²) < 4.78 is 6.07. The van der Waals surface area contributed by atoms with E-state index < -0.39 is 0 Å². The molecule has 0 aliphatic carbocycles. The Morgan fingerprint density at radius 1 is 1.03 bits per heavy atom. The van der Waals surface area contributed by atoms with Gasteiger partial charge in [-0.05, 0) is 103 Å². The van der Waals surface area contributed by atoms with Crippen LogP contribution in [-0.2, 0) is 13.0 Å². The quantitative estimate of drug-likeness (QED) is 0.355. The largest absolute Gasteiger partial charge is 0.489 e. The van der Waals surface area contributed by atoms with Crippen LogP contribution >= 0.6 is 11.3 Å². The second kappa shape index (κ2) is 11.7. The van der Waals surface area contributed by atoms with E-state index in [0.717, 1.165) is 24.2 Å². The molecule has 1 atom stereocenters. The number of thiophene rings is 1. The summed E-state index contributed by atoms with van der Waals surface area (Å²) in [5.41, 5.74) is 4.78. The van der Waals surface area contributed by atoms with Gasteiger partial charge in [0.15, 0.2) is 0 Å². The Morgan fingerprint density at radius 2 is 1.84 bits per heavy atom. The first kappa shape index (κ1) is 23.9. The topological polar surface area (TPSA) is 29.5 Å². The van der Waals surface area contributed by atoms with Crippen LogP contribution in [0.15, 0.2) is 77.5 Å². The fraction of sp³-hybridized carbons (Fsp3) is 0.310. The third-order valence-electron chi connectivity index (χ3n) is 4.99. The van der Waals surface area contributed by atoms with E-state index in [1.165, 1.54) is 16.7 Å². The molecule has 0 saturated carbocycles. The molecule has 2 nitrogen and oxygen atoms in total. The van der Waals surface area contributed by atoms with Gasteiger partial charge < -0.3 is 9.84 Å². The van der Waals surface area contributed by atoms with E-state index in [0.29, 0.717) is 6.61 Å². The summed E-state index contributed by atoms with van der Waals surface area (Å²) in [7, 11) is 0. The van der Waals surface area contributed by atoms with Crippen molar-refractivity contribution < 1.29 is 9.84 Å². The van der Waals surface area contributed by atoms with Crippen LogP contribution < -0.4 is 4.74 Å². The first-order valence-electron chi connectivity index (χ1n) is 11.0. The van der Waals surface area contributed by atoms with Crippen LogP contribution in [0.5, 0.6) is 5.75 Å². The molecule has 1 aromatic heterocycles. The highest BCUT2D eigenvalue weighted by Gasteiger charge is 2.08. The number of allylic oxidation sites excluding steroid dienone is 2. The molecule has 0 radical (unpaired) electrons. The van der Waals surface area contributed by atoms with Crippen molar-refractivity contribution in [3.05, 3.63) is 88.6 Å². The van der Waals surface area contributed by atoms with Crippen LogP contribution in [0, 0.1) is 23.2 Å². The van der Waals surface area contributed by atoms with E-state index in [9.17, 15) is 5.11 Å². The van der Waals surface area contributed by atoms with Crippen molar-refractivity contribution in [3.63, 3.8) is 0 Å². The minimum Gasteiger partial charge on any atom is -0.489 e. The Morgan fingerprint density at radius 3 is 2.59 bits per heavy atom. The lowest BCUT2D eigenvalue weighted by Crippen LogP contribution is -2.08. The summed E-state index contributed by atoms with van der Waals surface area (Å²) in [5.74, 6) is 7.31. The maximum Gasteiger partial charge on any atom is 0.120 e. The molecule has 0 saturated heterocycles. The normalized spacial score (nSPS) is 12.4. The fourth-order valence-corrected chi connectivity index (χ4v) is 4.00. The first-order valence-corrected chi connectivity index (χ1v) is 12.0. The fourth-order valence-electron chi connectivity index (χ4n) is 3.33. The molecule has 1 unspecified atom stereocenters. The van der Waals surface area contributed by atoms with Crippen LogP contribution in [-0.4, -0.2) is 11.7 Å². The number of aliphatic hydroxyl groups is 1. The second-order valence-corrected chi connectivity index (χ2v) is 9.84. The van der Waals surface area contributed by atoms with Gasteiger partial charge in [-0.2, -0.15) is 11.3 Å². The summed E-state index contributed by atoms with van der Waals surface area (Å²) in [5, 5.41) is 14.1. The molecule has 1 N–H and O–H groups in total. The van der Waals surface area contributed by atoms with E-state index >= 15 is 0 Å². The molecule has 0 fully saturated rings. The minimum absolute atomic E-state index is 0.00633. The molecule has 0 bridgehead atoms. The zero-order valence-electron chi connectivity index (χ0n) is 19.2. The Balaban J connectivity index is 1.56. The minimum atomic E-state index is 0.00633. The maximum absolute atomic E-state index is 9.80. The van der Waals surface area contributed by atoms with Gasteiger partial charge in [-0.1, -0.05) is 48.2 Å². The summed E-state index contributed by atoms with van der Waals surface area (Å²) in [6, 6.07) is 18.8. The van der Waals surface area contributed by atoms with E-state index in [1.54, 1.807) is 11.3 Å². The van der Waals surface area contributed by atoms with Crippen LogP contribution in [0.1, 0.15) is 38.3 Å². The average Bonchev–Trinajstić information content (AvgIpc) is 3.31.